The first-order chi connectivity index (χ1) is 18.0. The molecule has 1 atom stereocenters. The molecule has 5 rings (SSSR count). The molecule has 0 spiro atoms. The summed E-state index contributed by atoms with van der Waals surface area (Å²) in [6.07, 6.45) is 6.27. The van der Waals surface area contributed by atoms with Gasteiger partial charge in [0.2, 0.25) is 5.91 Å². The van der Waals surface area contributed by atoms with Crippen molar-refractivity contribution >= 4 is 46.0 Å². The number of anilines is 2. The number of hydrogen-bond donors (Lipinski definition) is 4. The van der Waals surface area contributed by atoms with Gasteiger partial charge in [-0.3, -0.25) is 14.9 Å². The summed E-state index contributed by atoms with van der Waals surface area (Å²) in [5.41, 5.74) is 0.287. The Morgan fingerprint density at radius 2 is 1.87 bits per heavy atom. The Morgan fingerprint density at radius 1 is 1.13 bits per heavy atom. The SMILES string of the molecule is CC(C)(C)OC(=O)Nc1c(C(=O)O)ncn1[C@H]1CCc2sc(NC(=O)C3CC3)c(C(=O)NCC3CC3)c2C1. The van der Waals surface area contributed by atoms with Gasteiger partial charge in [-0.2, -0.15) is 0 Å². The lowest BCUT2D eigenvalue weighted by atomic mass is 9.91. The maximum atomic E-state index is 13.4. The number of carboxylic acid groups (broad SMARTS) is 1. The summed E-state index contributed by atoms with van der Waals surface area (Å²) in [5.74, 6) is -0.978. The fourth-order valence-corrected chi connectivity index (χ4v) is 5.90. The number of carboxylic acids is 1. The second-order valence-electron chi connectivity index (χ2n) is 11.3. The van der Waals surface area contributed by atoms with E-state index in [1.165, 1.54) is 17.7 Å². The van der Waals surface area contributed by atoms with E-state index in [-0.39, 0.29) is 35.3 Å². The number of thiophene rings is 1. The molecule has 0 aromatic carbocycles. The maximum Gasteiger partial charge on any atom is 0.413 e. The normalized spacial score (nSPS) is 18.9. The predicted molar refractivity (Wildman–Crippen MR) is 141 cm³/mol. The van der Waals surface area contributed by atoms with Crippen LogP contribution in [0.2, 0.25) is 0 Å². The molecule has 2 saturated carbocycles. The molecular formula is C26H33N5O6S. The minimum atomic E-state index is -1.27. The van der Waals surface area contributed by atoms with E-state index in [1.807, 2.05) is 0 Å². The van der Waals surface area contributed by atoms with Crippen molar-refractivity contribution < 1.29 is 29.0 Å². The molecule has 12 heteroatoms. The molecule has 204 valence electrons. The van der Waals surface area contributed by atoms with Crippen LogP contribution in [0.15, 0.2) is 6.33 Å². The molecule has 4 N–H and O–H groups in total. The van der Waals surface area contributed by atoms with E-state index in [0.29, 0.717) is 42.3 Å². The van der Waals surface area contributed by atoms with Gasteiger partial charge < -0.3 is 25.0 Å². The lowest BCUT2D eigenvalue weighted by molar-refractivity contribution is -0.117. The highest BCUT2D eigenvalue weighted by molar-refractivity contribution is 7.17. The topological polar surface area (TPSA) is 152 Å². The Hall–Kier alpha value is -3.41. The monoisotopic (exact) mass is 543 g/mol. The molecule has 0 aliphatic heterocycles. The Balaban J connectivity index is 1.44. The third kappa shape index (κ3) is 5.85. The number of rotatable bonds is 8. The number of hydrogen-bond acceptors (Lipinski definition) is 7. The standard InChI is InChI=1S/C26H33N5O6S/c1-26(2,3)37-25(36)29-20-19(24(34)35)28-12-31(20)15-8-9-17-16(10-15)18(22(33)27-11-13-4-5-13)23(38-17)30-21(32)14-6-7-14/h12-15H,4-11H2,1-3H3,(H,27,33)(H,29,36)(H,30,32)(H,34,35)/t15-/m0/s1. The molecule has 11 nitrogen and oxygen atoms in total. The number of ether oxygens (including phenoxy) is 1. The van der Waals surface area contributed by atoms with Crippen molar-refractivity contribution in [1.29, 1.82) is 0 Å². The van der Waals surface area contributed by atoms with E-state index >= 15 is 0 Å². The van der Waals surface area contributed by atoms with Crippen LogP contribution in [0.5, 0.6) is 0 Å². The molecule has 2 aromatic rings. The second kappa shape index (κ2) is 10.0. The molecule has 0 bridgehead atoms. The molecule has 2 aromatic heterocycles. The highest BCUT2D eigenvalue weighted by atomic mass is 32.1. The number of amides is 3. The Kier molecular flexibility index (Phi) is 6.93. The van der Waals surface area contributed by atoms with Crippen molar-refractivity contribution in [1.82, 2.24) is 14.9 Å². The van der Waals surface area contributed by atoms with E-state index < -0.39 is 17.7 Å². The van der Waals surface area contributed by atoms with Crippen molar-refractivity contribution in [3.05, 3.63) is 28.0 Å². The summed E-state index contributed by atoms with van der Waals surface area (Å²) in [4.78, 5) is 55.4. The zero-order valence-electron chi connectivity index (χ0n) is 21.8. The van der Waals surface area contributed by atoms with E-state index in [1.54, 1.807) is 25.3 Å². The summed E-state index contributed by atoms with van der Waals surface area (Å²) in [6.45, 7) is 5.76. The van der Waals surface area contributed by atoms with Gasteiger partial charge in [-0.15, -0.1) is 11.3 Å². The van der Waals surface area contributed by atoms with Gasteiger partial charge in [-0.25, -0.2) is 14.6 Å². The maximum absolute atomic E-state index is 13.4. The number of carbonyl (C=O) groups excluding carboxylic acids is 3. The molecule has 3 amide bonds. The van der Waals surface area contributed by atoms with Gasteiger partial charge in [-0.1, -0.05) is 0 Å². The lowest BCUT2D eigenvalue weighted by Crippen LogP contribution is -2.30. The molecule has 2 heterocycles. The van der Waals surface area contributed by atoms with Gasteiger partial charge in [0.15, 0.2) is 11.5 Å². The molecule has 38 heavy (non-hydrogen) atoms. The average Bonchev–Trinajstić information content (AvgIpc) is 3.75. The zero-order valence-corrected chi connectivity index (χ0v) is 22.6. The van der Waals surface area contributed by atoms with Crippen molar-refractivity contribution in [3.63, 3.8) is 0 Å². The van der Waals surface area contributed by atoms with Crippen LogP contribution in [-0.4, -0.2) is 50.7 Å². The summed E-state index contributed by atoms with van der Waals surface area (Å²) < 4.78 is 6.98. The zero-order chi connectivity index (χ0) is 27.2. The van der Waals surface area contributed by atoms with Crippen LogP contribution in [0.3, 0.4) is 0 Å². The Morgan fingerprint density at radius 3 is 2.50 bits per heavy atom. The van der Waals surface area contributed by atoms with Crippen LogP contribution in [0.1, 0.15) is 90.2 Å². The summed E-state index contributed by atoms with van der Waals surface area (Å²) in [5, 5.41) is 18.9. The smallest absolute Gasteiger partial charge is 0.413 e. The molecular weight excluding hydrogens is 510 g/mol. The van der Waals surface area contributed by atoms with Gasteiger partial charge in [-0.05, 0) is 77.2 Å². The Bertz CT molecular complexity index is 1280. The Labute approximate surface area is 224 Å². The number of carbonyl (C=O) groups is 4. The van der Waals surface area contributed by atoms with Crippen LogP contribution >= 0.6 is 11.3 Å². The molecule has 3 aliphatic rings. The van der Waals surface area contributed by atoms with E-state index in [2.05, 4.69) is 20.9 Å². The summed E-state index contributed by atoms with van der Waals surface area (Å²) in [7, 11) is 0. The number of nitrogens with zero attached hydrogens (tertiary/aromatic N) is 2. The number of fused-ring (bicyclic) bond motifs is 1. The van der Waals surface area contributed by atoms with Crippen LogP contribution in [0, 0.1) is 11.8 Å². The number of imidazole rings is 1. The van der Waals surface area contributed by atoms with Crippen LogP contribution in [0.4, 0.5) is 15.6 Å². The quantitative estimate of drug-likeness (QED) is 0.389. The molecule has 2 fully saturated rings. The lowest BCUT2D eigenvalue weighted by Gasteiger charge is -2.26. The van der Waals surface area contributed by atoms with E-state index in [0.717, 1.165) is 36.1 Å². The number of nitrogens with one attached hydrogen (secondary N) is 3. The number of aromatic nitrogens is 2. The predicted octanol–water partition coefficient (Wildman–Crippen LogP) is 4.21. The first-order valence-electron chi connectivity index (χ1n) is 13.0. The van der Waals surface area contributed by atoms with Crippen molar-refractivity contribution in [2.75, 3.05) is 17.2 Å². The second-order valence-corrected chi connectivity index (χ2v) is 12.4. The van der Waals surface area contributed by atoms with Crippen LogP contribution in [-0.2, 0) is 22.4 Å². The first kappa shape index (κ1) is 26.2. The van der Waals surface area contributed by atoms with Gasteiger partial charge in [0, 0.05) is 23.4 Å². The van der Waals surface area contributed by atoms with E-state index in [9.17, 15) is 24.3 Å². The highest BCUT2D eigenvalue weighted by Gasteiger charge is 2.36. The fraction of sp³-hybridized carbons (Fsp3) is 0.577. The van der Waals surface area contributed by atoms with E-state index in [4.69, 9.17) is 4.74 Å². The molecule has 0 radical (unpaired) electrons. The first-order valence-corrected chi connectivity index (χ1v) is 13.9. The minimum absolute atomic E-state index is 0.00567. The average molecular weight is 544 g/mol. The largest absolute Gasteiger partial charge is 0.476 e. The summed E-state index contributed by atoms with van der Waals surface area (Å²) in [6, 6.07) is -0.260. The molecule has 0 unspecified atom stereocenters. The fourth-order valence-electron chi connectivity index (χ4n) is 4.66. The molecule has 0 saturated heterocycles. The van der Waals surface area contributed by atoms with Crippen molar-refractivity contribution in [3.8, 4) is 0 Å². The van der Waals surface area contributed by atoms with Crippen LogP contribution < -0.4 is 16.0 Å². The summed E-state index contributed by atoms with van der Waals surface area (Å²) >= 11 is 1.44. The minimum Gasteiger partial charge on any atom is -0.476 e. The van der Waals surface area contributed by atoms with Gasteiger partial charge in [0.1, 0.15) is 10.6 Å². The number of aryl methyl sites for hydroxylation is 1. The van der Waals surface area contributed by atoms with Crippen molar-refractivity contribution in [2.24, 2.45) is 11.8 Å². The van der Waals surface area contributed by atoms with Gasteiger partial charge in [0.25, 0.3) is 5.91 Å². The number of aromatic carboxylic acids is 1. The third-order valence-corrected chi connectivity index (χ3v) is 8.11. The van der Waals surface area contributed by atoms with Gasteiger partial charge >= 0.3 is 12.1 Å². The van der Waals surface area contributed by atoms with Crippen molar-refractivity contribution in [2.45, 2.75) is 77.4 Å². The third-order valence-electron chi connectivity index (χ3n) is 6.90. The van der Waals surface area contributed by atoms with Gasteiger partial charge in [0.05, 0.1) is 11.9 Å². The highest BCUT2D eigenvalue weighted by Crippen LogP contribution is 2.43. The van der Waals surface area contributed by atoms with Crippen LogP contribution in [0.25, 0.3) is 0 Å². The molecule has 3 aliphatic carbocycles.